The van der Waals surface area contributed by atoms with E-state index < -0.39 is 0 Å². The molecule has 2 rings (SSSR count). The van der Waals surface area contributed by atoms with E-state index in [-0.39, 0.29) is 0 Å². The van der Waals surface area contributed by atoms with Crippen molar-refractivity contribution in [2.75, 3.05) is 0 Å². The number of hydrogen-bond acceptors (Lipinski definition) is 2. The first kappa shape index (κ1) is 5.42. The van der Waals surface area contributed by atoms with Crippen LogP contribution in [0.2, 0.25) is 0 Å². The number of aromatic nitrogens is 1. The van der Waals surface area contributed by atoms with Gasteiger partial charge in [-0.2, -0.15) is 0 Å². The van der Waals surface area contributed by atoms with Gasteiger partial charge in [-0.3, -0.25) is 0 Å². The lowest BCUT2D eigenvalue weighted by molar-refractivity contribution is 0.777. The summed E-state index contributed by atoms with van der Waals surface area (Å²) in [5, 5.41) is 3.38. The first-order valence-corrected chi connectivity index (χ1v) is 4.09. The number of thiazole rings is 1. The van der Waals surface area contributed by atoms with Crippen LogP contribution in [0.5, 0.6) is 0 Å². The van der Waals surface area contributed by atoms with Crippen LogP contribution in [0.15, 0.2) is 11.6 Å². The second-order valence-electron chi connectivity index (χ2n) is 2.90. The highest BCUT2D eigenvalue weighted by Gasteiger charge is 2.41. The molecule has 0 atom stereocenters. The molecule has 0 amide bonds. The van der Waals surface area contributed by atoms with Gasteiger partial charge in [-0.05, 0) is 12.8 Å². The Kier molecular flexibility index (Phi) is 0.943. The van der Waals surface area contributed by atoms with Crippen molar-refractivity contribution in [1.82, 2.24) is 4.98 Å². The maximum absolute atomic E-state index is 4.27. The molecule has 1 aromatic heterocycles. The molecule has 0 bridgehead atoms. The van der Waals surface area contributed by atoms with Crippen LogP contribution in [-0.4, -0.2) is 4.98 Å². The summed E-state index contributed by atoms with van der Waals surface area (Å²) >= 11 is 1.78. The zero-order chi connectivity index (χ0) is 6.32. The molecule has 1 heterocycles. The maximum Gasteiger partial charge on any atom is 0.0983 e. The third kappa shape index (κ3) is 0.778. The van der Waals surface area contributed by atoms with Crippen molar-refractivity contribution in [1.29, 1.82) is 0 Å². The van der Waals surface area contributed by atoms with Gasteiger partial charge in [-0.1, -0.05) is 6.92 Å². The first-order chi connectivity index (χ1) is 4.31. The fraction of sp³-hybridized carbons (Fsp3) is 0.571. The van der Waals surface area contributed by atoms with E-state index in [0.717, 1.165) is 0 Å². The van der Waals surface area contributed by atoms with E-state index in [1.54, 1.807) is 11.3 Å². The molecule has 48 valence electrons. The van der Waals surface area contributed by atoms with Crippen molar-refractivity contribution in [3.05, 3.63) is 16.6 Å². The smallest absolute Gasteiger partial charge is 0.0983 e. The molecule has 1 saturated carbocycles. The summed E-state index contributed by atoms with van der Waals surface area (Å²) in [6.07, 6.45) is 4.56. The Morgan fingerprint density at radius 1 is 1.67 bits per heavy atom. The van der Waals surface area contributed by atoms with E-state index in [2.05, 4.69) is 17.3 Å². The molecular weight excluding hydrogens is 130 g/mol. The molecule has 2 heteroatoms. The largest absolute Gasteiger partial charge is 0.249 e. The van der Waals surface area contributed by atoms with Crippen molar-refractivity contribution >= 4 is 11.3 Å². The minimum atomic E-state index is 0.480. The van der Waals surface area contributed by atoms with Gasteiger partial charge in [0.1, 0.15) is 0 Å². The summed E-state index contributed by atoms with van der Waals surface area (Å²) in [6.45, 7) is 2.28. The van der Waals surface area contributed by atoms with Gasteiger partial charge >= 0.3 is 0 Å². The summed E-state index contributed by atoms with van der Waals surface area (Å²) in [7, 11) is 0. The normalized spacial score (nSPS) is 21.9. The number of hydrogen-bond donors (Lipinski definition) is 0. The molecule has 1 aromatic rings. The van der Waals surface area contributed by atoms with Crippen LogP contribution < -0.4 is 0 Å². The fourth-order valence-corrected chi connectivity index (χ4v) is 1.78. The molecule has 1 nitrogen and oxygen atoms in total. The SMILES string of the molecule is CC1(c2nccs2)CC1. The summed E-state index contributed by atoms with van der Waals surface area (Å²) < 4.78 is 0. The van der Waals surface area contributed by atoms with Gasteiger partial charge in [0.2, 0.25) is 0 Å². The van der Waals surface area contributed by atoms with Crippen LogP contribution in [0.3, 0.4) is 0 Å². The second kappa shape index (κ2) is 1.57. The van der Waals surface area contributed by atoms with E-state index in [0.29, 0.717) is 5.41 Å². The molecule has 0 unspecified atom stereocenters. The molecule has 0 saturated heterocycles. The molecule has 0 aliphatic heterocycles. The molecule has 0 spiro atoms. The molecule has 1 fully saturated rings. The number of rotatable bonds is 1. The second-order valence-corrected chi connectivity index (χ2v) is 3.79. The average Bonchev–Trinajstić information content (AvgIpc) is 2.46. The third-order valence-corrected chi connectivity index (χ3v) is 3.03. The number of nitrogens with zero attached hydrogens (tertiary/aromatic N) is 1. The minimum absolute atomic E-state index is 0.480. The Bertz CT molecular complexity index is 199. The Morgan fingerprint density at radius 2 is 2.44 bits per heavy atom. The van der Waals surface area contributed by atoms with Gasteiger partial charge in [0.25, 0.3) is 0 Å². The molecule has 0 aromatic carbocycles. The standard InChI is InChI=1S/C7H9NS/c1-7(2-3-7)6-8-4-5-9-6/h4-5H,2-3H2,1H3. The van der Waals surface area contributed by atoms with Crippen LogP contribution >= 0.6 is 11.3 Å². The van der Waals surface area contributed by atoms with E-state index in [9.17, 15) is 0 Å². The molecule has 1 aliphatic carbocycles. The van der Waals surface area contributed by atoms with Crippen LogP contribution in [0, 0.1) is 0 Å². The summed E-state index contributed by atoms with van der Waals surface area (Å²) in [6, 6.07) is 0. The first-order valence-electron chi connectivity index (χ1n) is 3.21. The highest BCUT2D eigenvalue weighted by molar-refractivity contribution is 7.09. The molecule has 0 N–H and O–H groups in total. The zero-order valence-electron chi connectivity index (χ0n) is 5.42. The van der Waals surface area contributed by atoms with E-state index in [1.807, 2.05) is 6.20 Å². The summed E-state index contributed by atoms with van der Waals surface area (Å²) in [5.41, 5.74) is 0.480. The zero-order valence-corrected chi connectivity index (χ0v) is 6.24. The van der Waals surface area contributed by atoms with Gasteiger partial charge in [0.15, 0.2) is 0 Å². The lowest BCUT2D eigenvalue weighted by Gasteiger charge is -1.99. The third-order valence-electron chi connectivity index (χ3n) is 1.95. The van der Waals surface area contributed by atoms with Crippen molar-refractivity contribution in [2.45, 2.75) is 25.2 Å². The van der Waals surface area contributed by atoms with Crippen molar-refractivity contribution in [3.8, 4) is 0 Å². The molecule has 1 aliphatic rings. The molecular formula is C7H9NS. The highest BCUT2D eigenvalue weighted by Crippen LogP contribution is 2.47. The maximum atomic E-state index is 4.27. The predicted molar refractivity (Wildman–Crippen MR) is 38.7 cm³/mol. The van der Waals surface area contributed by atoms with E-state index in [4.69, 9.17) is 0 Å². The van der Waals surface area contributed by atoms with E-state index in [1.165, 1.54) is 17.8 Å². The highest BCUT2D eigenvalue weighted by atomic mass is 32.1. The topological polar surface area (TPSA) is 12.9 Å². The van der Waals surface area contributed by atoms with Crippen LogP contribution in [0.25, 0.3) is 0 Å². The van der Waals surface area contributed by atoms with Crippen molar-refractivity contribution in [2.24, 2.45) is 0 Å². The van der Waals surface area contributed by atoms with Gasteiger partial charge < -0.3 is 0 Å². The predicted octanol–water partition coefficient (Wildman–Crippen LogP) is 2.19. The Balaban J connectivity index is 2.34. The summed E-state index contributed by atoms with van der Waals surface area (Å²) in [4.78, 5) is 4.27. The lowest BCUT2D eigenvalue weighted by atomic mass is 10.2. The van der Waals surface area contributed by atoms with Gasteiger partial charge in [-0.15, -0.1) is 11.3 Å². The average molecular weight is 139 g/mol. The van der Waals surface area contributed by atoms with Gasteiger partial charge in [0, 0.05) is 17.0 Å². The van der Waals surface area contributed by atoms with Crippen LogP contribution in [0.1, 0.15) is 24.8 Å². The van der Waals surface area contributed by atoms with Crippen LogP contribution in [-0.2, 0) is 5.41 Å². The van der Waals surface area contributed by atoms with Gasteiger partial charge in [0.05, 0.1) is 5.01 Å². The summed E-state index contributed by atoms with van der Waals surface area (Å²) in [5.74, 6) is 0. The van der Waals surface area contributed by atoms with Crippen molar-refractivity contribution < 1.29 is 0 Å². The van der Waals surface area contributed by atoms with Crippen LogP contribution in [0.4, 0.5) is 0 Å². The monoisotopic (exact) mass is 139 g/mol. The molecule has 0 radical (unpaired) electrons. The molecule has 9 heavy (non-hydrogen) atoms. The lowest BCUT2D eigenvalue weighted by Crippen LogP contribution is -1.96. The Labute approximate surface area is 58.7 Å². The quantitative estimate of drug-likeness (QED) is 0.581. The Morgan fingerprint density at radius 3 is 2.89 bits per heavy atom. The Hall–Kier alpha value is -0.370. The van der Waals surface area contributed by atoms with E-state index >= 15 is 0 Å². The van der Waals surface area contributed by atoms with Crippen molar-refractivity contribution in [3.63, 3.8) is 0 Å². The van der Waals surface area contributed by atoms with Gasteiger partial charge in [-0.25, -0.2) is 4.98 Å². The fourth-order valence-electron chi connectivity index (χ4n) is 0.923. The minimum Gasteiger partial charge on any atom is -0.249 e.